The summed E-state index contributed by atoms with van der Waals surface area (Å²) in [5, 5.41) is 4.40. The van der Waals surface area contributed by atoms with Crippen LogP contribution in [-0.4, -0.2) is 0 Å². The van der Waals surface area contributed by atoms with Gasteiger partial charge in [-0.2, -0.15) is 0 Å². The number of halogens is 2. The van der Waals surface area contributed by atoms with E-state index in [1.54, 1.807) is 0 Å². The molecule has 2 radical (unpaired) electrons. The Balaban J connectivity index is 2.33. The zero-order valence-corrected chi connectivity index (χ0v) is 11.0. The zero-order chi connectivity index (χ0) is 13.0. The predicted molar refractivity (Wildman–Crippen MR) is 75.3 cm³/mol. The van der Waals surface area contributed by atoms with Crippen LogP contribution in [0.3, 0.4) is 0 Å². The number of rotatable bonds is 4. The number of hydrogen-bond donors (Lipinski definition) is 2. The highest BCUT2D eigenvalue weighted by Gasteiger charge is 2.12. The standard InChI is InChI=1S/C14H12Cl2N2/c15-12-5-1-10(2-6-12)14(18-9-17)11-3-7-13(16)8-4-11/h1-8,14,18H,17H2. The molecular formula is C14H12Cl2N2. The third-order valence-corrected chi connectivity index (χ3v) is 3.14. The van der Waals surface area contributed by atoms with Gasteiger partial charge in [0.25, 0.3) is 0 Å². The van der Waals surface area contributed by atoms with Gasteiger partial charge in [0.05, 0.1) is 6.04 Å². The van der Waals surface area contributed by atoms with Gasteiger partial charge in [-0.05, 0) is 35.4 Å². The van der Waals surface area contributed by atoms with E-state index in [2.05, 4.69) is 12.0 Å². The summed E-state index contributed by atoms with van der Waals surface area (Å²) in [6.45, 7) is 2.48. The third-order valence-electron chi connectivity index (χ3n) is 2.63. The lowest BCUT2D eigenvalue weighted by Crippen LogP contribution is -2.23. The van der Waals surface area contributed by atoms with Gasteiger partial charge in [-0.15, -0.1) is 0 Å². The number of nitrogens with two attached hydrogens (primary N) is 1. The summed E-state index contributed by atoms with van der Waals surface area (Å²) in [7, 11) is 0. The van der Waals surface area contributed by atoms with E-state index in [1.807, 2.05) is 48.5 Å². The van der Waals surface area contributed by atoms with Gasteiger partial charge in [-0.3, -0.25) is 5.32 Å². The van der Waals surface area contributed by atoms with Gasteiger partial charge >= 0.3 is 0 Å². The van der Waals surface area contributed by atoms with E-state index in [4.69, 9.17) is 28.9 Å². The molecule has 0 aliphatic carbocycles. The van der Waals surface area contributed by atoms with E-state index in [0.717, 1.165) is 11.1 Å². The average Bonchev–Trinajstić information content (AvgIpc) is 2.39. The van der Waals surface area contributed by atoms with Crippen molar-refractivity contribution in [3.8, 4) is 0 Å². The molecule has 0 heterocycles. The van der Waals surface area contributed by atoms with Crippen LogP contribution in [-0.2, 0) is 0 Å². The highest BCUT2D eigenvalue weighted by atomic mass is 35.5. The molecule has 0 aliphatic heterocycles. The highest BCUT2D eigenvalue weighted by molar-refractivity contribution is 6.30. The molecule has 2 nitrogen and oxygen atoms in total. The fourth-order valence-electron chi connectivity index (χ4n) is 1.75. The molecule has 0 aliphatic rings. The second-order valence-corrected chi connectivity index (χ2v) is 4.70. The minimum Gasteiger partial charge on any atom is -0.308 e. The average molecular weight is 279 g/mol. The number of hydrogen-bond acceptors (Lipinski definition) is 2. The molecule has 18 heavy (non-hydrogen) atoms. The minimum atomic E-state index is -0.0652. The molecule has 0 unspecified atom stereocenters. The Bertz CT molecular complexity index is 449. The van der Waals surface area contributed by atoms with E-state index < -0.39 is 0 Å². The lowest BCUT2D eigenvalue weighted by molar-refractivity contribution is 0.679. The molecule has 0 atom stereocenters. The molecule has 3 N–H and O–H groups in total. The Morgan fingerprint density at radius 3 is 1.56 bits per heavy atom. The van der Waals surface area contributed by atoms with Crippen LogP contribution in [0, 0.1) is 6.67 Å². The highest BCUT2D eigenvalue weighted by Crippen LogP contribution is 2.24. The lowest BCUT2D eigenvalue weighted by Gasteiger charge is -2.18. The third kappa shape index (κ3) is 3.24. The van der Waals surface area contributed by atoms with Crippen LogP contribution >= 0.6 is 23.2 Å². The smallest absolute Gasteiger partial charge is 0.138 e. The first kappa shape index (κ1) is 13.4. The fourth-order valence-corrected chi connectivity index (χ4v) is 2.00. The second-order valence-electron chi connectivity index (χ2n) is 3.82. The predicted octanol–water partition coefficient (Wildman–Crippen LogP) is 3.63. The largest absolute Gasteiger partial charge is 0.308 e. The van der Waals surface area contributed by atoms with Gasteiger partial charge in [0.1, 0.15) is 6.67 Å². The Kier molecular flexibility index (Phi) is 4.61. The molecule has 0 spiro atoms. The second kappa shape index (κ2) is 6.21. The van der Waals surface area contributed by atoms with Crippen molar-refractivity contribution in [2.75, 3.05) is 0 Å². The van der Waals surface area contributed by atoms with Crippen molar-refractivity contribution in [1.82, 2.24) is 5.32 Å². The van der Waals surface area contributed by atoms with Gasteiger partial charge in [0, 0.05) is 10.0 Å². The molecule has 2 aromatic rings. The Morgan fingerprint density at radius 2 is 1.22 bits per heavy atom. The van der Waals surface area contributed by atoms with Crippen LogP contribution in [0.1, 0.15) is 17.2 Å². The van der Waals surface area contributed by atoms with E-state index in [-0.39, 0.29) is 6.04 Å². The maximum atomic E-state index is 5.88. The van der Waals surface area contributed by atoms with Crippen molar-refractivity contribution in [1.29, 1.82) is 0 Å². The molecule has 4 heteroatoms. The molecule has 0 aromatic heterocycles. The lowest BCUT2D eigenvalue weighted by atomic mass is 9.99. The van der Waals surface area contributed by atoms with Crippen LogP contribution in [0.25, 0.3) is 0 Å². The monoisotopic (exact) mass is 278 g/mol. The van der Waals surface area contributed by atoms with Gasteiger partial charge in [-0.25, -0.2) is 0 Å². The van der Waals surface area contributed by atoms with Gasteiger partial charge in [0.15, 0.2) is 0 Å². The van der Waals surface area contributed by atoms with Crippen molar-refractivity contribution in [2.45, 2.75) is 6.04 Å². The van der Waals surface area contributed by atoms with Crippen LogP contribution in [0.2, 0.25) is 10.0 Å². The number of nitrogens with one attached hydrogen (secondary N) is 1. The topological polar surface area (TPSA) is 38.0 Å². The summed E-state index contributed by atoms with van der Waals surface area (Å²) in [5.41, 5.74) is 7.46. The van der Waals surface area contributed by atoms with Crippen LogP contribution < -0.4 is 11.1 Å². The van der Waals surface area contributed by atoms with Crippen LogP contribution in [0.5, 0.6) is 0 Å². The molecular weight excluding hydrogens is 267 g/mol. The molecule has 0 fully saturated rings. The van der Waals surface area contributed by atoms with E-state index in [9.17, 15) is 0 Å². The van der Waals surface area contributed by atoms with E-state index in [0.29, 0.717) is 10.0 Å². The van der Waals surface area contributed by atoms with Crippen LogP contribution in [0.15, 0.2) is 48.5 Å². The SMILES string of the molecule is N[C]NC(c1ccc(Cl)cc1)c1ccc(Cl)cc1. The molecule has 0 saturated heterocycles. The molecule has 0 bridgehead atoms. The normalized spacial score (nSPS) is 10.9. The summed E-state index contributed by atoms with van der Waals surface area (Å²) in [4.78, 5) is 0. The first-order valence-corrected chi connectivity index (χ1v) is 6.18. The molecule has 2 rings (SSSR count). The van der Waals surface area contributed by atoms with Crippen molar-refractivity contribution in [3.63, 3.8) is 0 Å². The Labute approximate surface area is 117 Å². The van der Waals surface area contributed by atoms with Crippen molar-refractivity contribution >= 4 is 23.2 Å². The van der Waals surface area contributed by atoms with Crippen molar-refractivity contribution in [2.24, 2.45) is 5.73 Å². The summed E-state index contributed by atoms with van der Waals surface area (Å²) in [6.07, 6.45) is 0. The molecule has 92 valence electrons. The summed E-state index contributed by atoms with van der Waals surface area (Å²) in [6, 6.07) is 15.1. The summed E-state index contributed by atoms with van der Waals surface area (Å²) >= 11 is 11.8. The number of benzene rings is 2. The Hall–Kier alpha value is -1.06. The van der Waals surface area contributed by atoms with Crippen molar-refractivity contribution < 1.29 is 0 Å². The maximum Gasteiger partial charge on any atom is 0.138 e. The zero-order valence-electron chi connectivity index (χ0n) is 9.53. The quantitative estimate of drug-likeness (QED) is 0.839. The van der Waals surface area contributed by atoms with Crippen molar-refractivity contribution in [3.05, 3.63) is 76.4 Å². The first-order valence-electron chi connectivity index (χ1n) is 5.43. The summed E-state index contributed by atoms with van der Waals surface area (Å²) < 4.78 is 0. The minimum absolute atomic E-state index is 0.0652. The first-order chi connectivity index (χ1) is 8.70. The van der Waals surface area contributed by atoms with E-state index >= 15 is 0 Å². The summed E-state index contributed by atoms with van der Waals surface area (Å²) in [5.74, 6) is 0. The maximum absolute atomic E-state index is 5.88. The van der Waals surface area contributed by atoms with Gasteiger partial charge < -0.3 is 5.73 Å². The van der Waals surface area contributed by atoms with Crippen LogP contribution in [0.4, 0.5) is 0 Å². The molecule has 2 aromatic carbocycles. The molecule has 0 saturated carbocycles. The van der Waals surface area contributed by atoms with E-state index in [1.165, 1.54) is 0 Å². The molecule has 0 amide bonds. The van der Waals surface area contributed by atoms with Gasteiger partial charge in [-0.1, -0.05) is 47.5 Å². The van der Waals surface area contributed by atoms with Gasteiger partial charge in [0.2, 0.25) is 0 Å². The fraction of sp³-hybridized carbons (Fsp3) is 0.0714. The Morgan fingerprint density at radius 1 is 0.833 bits per heavy atom.